The van der Waals surface area contributed by atoms with Gasteiger partial charge in [-0.1, -0.05) is 5.22 Å². The number of rotatable bonds is 0. The van der Waals surface area contributed by atoms with Gasteiger partial charge in [-0.05, 0) is 6.92 Å². The van der Waals surface area contributed by atoms with Gasteiger partial charge in [0.25, 0.3) is 5.91 Å². The van der Waals surface area contributed by atoms with Crippen LogP contribution in [0.25, 0.3) is 0 Å². The Hall–Kier alpha value is -1.59. The first-order chi connectivity index (χ1) is 5.27. The highest BCUT2D eigenvalue weighted by molar-refractivity contribution is 6.16. The normalized spacial score (nSPS) is 27.4. The molecule has 0 aliphatic carbocycles. The van der Waals surface area contributed by atoms with Gasteiger partial charge in [0.2, 0.25) is 0 Å². The molecular formula is C5H5N5O. The second-order valence-corrected chi connectivity index (χ2v) is 2.22. The predicted molar refractivity (Wildman–Crippen MR) is 37.3 cm³/mol. The minimum atomic E-state index is -0.563. The fourth-order valence-electron chi connectivity index (χ4n) is 0.940. The molecule has 0 saturated carbocycles. The Kier molecular flexibility index (Phi) is 1.09. The largest absolute Gasteiger partial charge is 0.274 e. The molecule has 2 aliphatic rings. The topological polar surface area (TPSA) is 78.5 Å². The molecule has 2 aliphatic heterocycles. The highest BCUT2D eigenvalue weighted by Gasteiger charge is 2.31. The van der Waals surface area contributed by atoms with Crippen molar-refractivity contribution in [2.45, 2.75) is 13.0 Å². The lowest BCUT2D eigenvalue weighted by Crippen LogP contribution is -2.37. The van der Waals surface area contributed by atoms with Gasteiger partial charge in [0.1, 0.15) is 5.84 Å². The van der Waals surface area contributed by atoms with Gasteiger partial charge < -0.3 is 0 Å². The van der Waals surface area contributed by atoms with Crippen LogP contribution >= 0.6 is 0 Å². The molecule has 0 aromatic heterocycles. The highest BCUT2D eigenvalue weighted by atomic mass is 16.2. The molecular weight excluding hydrogens is 146 g/mol. The van der Waals surface area contributed by atoms with Gasteiger partial charge in [-0.3, -0.25) is 4.79 Å². The molecule has 1 amide bonds. The van der Waals surface area contributed by atoms with Crippen LogP contribution in [-0.2, 0) is 4.79 Å². The Labute approximate surface area is 62.1 Å². The quantitative estimate of drug-likeness (QED) is 0.506. The van der Waals surface area contributed by atoms with Crippen molar-refractivity contribution in [3.05, 3.63) is 0 Å². The third kappa shape index (κ3) is 0.830. The molecule has 0 saturated heterocycles. The smallest absolute Gasteiger partial charge is 0.270 e. The summed E-state index contributed by atoms with van der Waals surface area (Å²) >= 11 is 0. The Bertz CT molecular complexity index is 302. The number of carbonyl (C=O) groups is 1. The van der Waals surface area contributed by atoms with E-state index in [4.69, 9.17) is 0 Å². The summed E-state index contributed by atoms with van der Waals surface area (Å²) in [6.45, 7) is 1.72. The number of amides is 1. The number of hydrogen-bond donors (Lipinski definition) is 1. The second-order valence-electron chi connectivity index (χ2n) is 2.22. The van der Waals surface area contributed by atoms with Crippen molar-refractivity contribution < 1.29 is 4.79 Å². The summed E-state index contributed by atoms with van der Waals surface area (Å²) in [6, 6.07) is -0.563. The lowest BCUT2D eigenvalue weighted by Gasteiger charge is -2.07. The molecule has 0 bridgehead atoms. The molecule has 0 fully saturated rings. The Balaban J connectivity index is 2.42. The van der Waals surface area contributed by atoms with E-state index in [1.54, 1.807) is 6.92 Å². The van der Waals surface area contributed by atoms with Crippen LogP contribution in [0.5, 0.6) is 0 Å². The van der Waals surface area contributed by atoms with Crippen molar-refractivity contribution in [1.29, 1.82) is 0 Å². The van der Waals surface area contributed by atoms with Crippen molar-refractivity contribution in [2.24, 2.45) is 20.3 Å². The number of aliphatic imine (C=N–C) groups is 2. The van der Waals surface area contributed by atoms with Crippen LogP contribution in [0.2, 0.25) is 0 Å². The first-order valence-electron chi connectivity index (χ1n) is 3.11. The van der Waals surface area contributed by atoms with Crippen LogP contribution in [0.3, 0.4) is 0 Å². The molecule has 56 valence electrons. The molecule has 0 radical (unpaired) electrons. The molecule has 2 heterocycles. The number of fused-ring (bicyclic) bond motifs is 1. The maximum Gasteiger partial charge on any atom is 0.274 e. The summed E-state index contributed by atoms with van der Waals surface area (Å²) in [4.78, 5) is 18.8. The summed E-state index contributed by atoms with van der Waals surface area (Å²) in [6.07, 6.45) is 0. The maximum atomic E-state index is 11.0. The fraction of sp³-hybridized carbons (Fsp3) is 0.400. The van der Waals surface area contributed by atoms with E-state index in [1.165, 1.54) is 0 Å². The second kappa shape index (κ2) is 1.94. The Morgan fingerprint density at radius 3 is 3.09 bits per heavy atom. The number of nitrogens with one attached hydrogen (secondary N) is 1. The SMILES string of the molecule is CC1=NC2C(=O)NN=NC2=N1. The van der Waals surface area contributed by atoms with E-state index < -0.39 is 6.04 Å². The van der Waals surface area contributed by atoms with Gasteiger partial charge in [-0.2, -0.15) is 0 Å². The minimum absolute atomic E-state index is 0.268. The predicted octanol–water partition coefficient (Wildman–Crippen LogP) is -0.318. The molecule has 0 spiro atoms. The zero-order chi connectivity index (χ0) is 7.84. The van der Waals surface area contributed by atoms with Crippen molar-refractivity contribution in [3.8, 4) is 0 Å². The number of amidine groups is 2. The first-order valence-corrected chi connectivity index (χ1v) is 3.11. The molecule has 2 rings (SSSR count). The average Bonchev–Trinajstić information content (AvgIpc) is 2.31. The van der Waals surface area contributed by atoms with Gasteiger partial charge in [-0.15, -0.1) is 5.11 Å². The van der Waals surface area contributed by atoms with Gasteiger partial charge in [0.05, 0.1) is 0 Å². The van der Waals surface area contributed by atoms with Crippen molar-refractivity contribution in [2.75, 3.05) is 0 Å². The van der Waals surface area contributed by atoms with Crippen LogP contribution in [0.15, 0.2) is 20.3 Å². The van der Waals surface area contributed by atoms with Crippen molar-refractivity contribution in [3.63, 3.8) is 0 Å². The maximum absolute atomic E-state index is 11.0. The van der Waals surface area contributed by atoms with E-state index in [-0.39, 0.29) is 5.91 Å². The lowest BCUT2D eigenvalue weighted by atomic mass is 10.3. The molecule has 6 nitrogen and oxygen atoms in total. The van der Waals surface area contributed by atoms with Crippen molar-refractivity contribution >= 4 is 17.6 Å². The summed E-state index contributed by atoms with van der Waals surface area (Å²) in [5, 5.41) is 6.98. The fourth-order valence-corrected chi connectivity index (χ4v) is 0.940. The molecule has 11 heavy (non-hydrogen) atoms. The third-order valence-electron chi connectivity index (χ3n) is 1.40. The van der Waals surface area contributed by atoms with E-state index in [0.29, 0.717) is 11.7 Å². The molecule has 6 heteroatoms. The van der Waals surface area contributed by atoms with Crippen LogP contribution in [0.1, 0.15) is 6.92 Å². The Morgan fingerprint density at radius 1 is 1.55 bits per heavy atom. The van der Waals surface area contributed by atoms with E-state index in [1.807, 2.05) is 0 Å². The van der Waals surface area contributed by atoms with Crippen LogP contribution in [-0.4, -0.2) is 23.6 Å². The average molecular weight is 151 g/mol. The van der Waals surface area contributed by atoms with Crippen LogP contribution in [0, 0.1) is 0 Å². The van der Waals surface area contributed by atoms with E-state index in [0.717, 1.165) is 0 Å². The Morgan fingerprint density at radius 2 is 2.36 bits per heavy atom. The molecule has 0 aromatic carbocycles. The standard InChI is InChI=1S/C5H5N5O/c1-2-6-3-4(7-2)8-10-9-5(3)11/h3H,1H3,(H,6,7,8,9,11). The number of carbonyl (C=O) groups excluding carboxylic acids is 1. The number of hydrogen-bond acceptors (Lipinski definition) is 5. The van der Waals surface area contributed by atoms with Gasteiger partial charge in [-0.25, -0.2) is 15.4 Å². The van der Waals surface area contributed by atoms with E-state index in [2.05, 4.69) is 25.7 Å². The first kappa shape index (κ1) is 6.14. The number of nitrogens with zero attached hydrogens (tertiary/aromatic N) is 4. The monoisotopic (exact) mass is 151 g/mol. The lowest BCUT2D eigenvalue weighted by molar-refractivity contribution is -0.121. The summed E-state index contributed by atoms with van der Waals surface area (Å²) in [5.74, 6) is 0.683. The summed E-state index contributed by atoms with van der Waals surface area (Å²) in [5.41, 5.74) is 2.21. The van der Waals surface area contributed by atoms with E-state index in [9.17, 15) is 4.79 Å². The zero-order valence-electron chi connectivity index (χ0n) is 5.77. The van der Waals surface area contributed by atoms with Gasteiger partial charge in [0, 0.05) is 0 Å². The van der Waals surface area contributed by atoms with Crippen LogP contribution in [0.4, 0.5) is 0 Å². The highest BCUT2D eigenvalue weighted by Crippen LogP contribution is 2.10. The molecule has 1 unspecified atom stereocenters. The zero-order valence-corrected chi connectivity index (χ0v) is 5.77. The molecule has 1 N–H and O–H groups in total. The molecule has 1 atom stereocenters. The summed E-state index contributed by atoms with van der Waals surface area (Å²) < 4.78 is 0. The van der Waals surface area contributed by atoms with E-state index >= 15 is 0 Å². The summed E-state index contributed by atoms with van der Waals surface area (Å²) in [7, 11) is 0. The third-order valence-corrected chi connectivity index (χ3v) is 1.40. The van der Waals surface area contributed by atoms with Gasteiger partial charge >= 0.3 is 0 Å². The minimum Gasteiger partial charge on any atom is -0.270 e. The van der Waals surface area contributed by atoms with Crippen LogP contribution < -0.4 is 5.43 Å². The van der Waals surface area contributed by atoms with Gasteiger partial charge in [0.15, 0.2) is 11.9 Å². The van der Waals surface area contributed by atoms with Crippen molar-refractivity contribution in [1.82, 2.24) is 5.43 Å². The molecule has 0 aromatic rings.